The molecule has 0 heterocycles. The summed E-state index contributed by atoms with van der Waals surface area (Å²) in [6.07, 6.45) is 0. The normalized spacial score (nSPS) is 14.6. The lowest BCUT2D eigenvalue weighted by molar-refractivity contribution is 0.513. The highest BCUT2D eigenvalue weighted by molar-refractivity contribution is 7.89. The highest BCUT2D eigenvalue weighted by Gasteiger charge is 2.29. The van der Waals surface area contributed by atoms with E-state index in [1.807, 2.05) is 65.0 Å². The van der Waals surface area contributed by atoms with Crippen LogP contribution in [0, 0.1) is 0 Å². The van der Waals surface area contributed by atoms with Crippen LogP contribution < -0.4 is 10.5 Å². The van der Waals surface area contributed by atoms with Crippen LogP contribution in [0.3, 0.4) is 0 Å². The molecule has 2 unspecified atom stereocenters. The first kappa shape index (κ1) is 23.6. The number of nitrogens with one attached hydrogen (secondary N) is 1. The van der Waals surface area contributed by atoms with Crippen LogP contribution in [0.4, 0.5) is 0 Å². The molecule has 0 amide bonds. The van der Waals surface area contributed by atoms with Gasteiger partial charge < -0.3 is 5.73 Å². The number of hydrogen-bond donors (Lipinski definition) is 2. The van der Waals surface area contributed by atoms with E-state index in [-0.39, 0.29) is 11.8 Å². The van der Waals surface area contributed by atoms with E-state index in [9.17, 15) is 8.42 Å². The first-order valence-electron chi connectivity index (χ1n) is 10.5. The Morgan fingerprint density at radius 3 is 1.66 bits per heavy atom. The summed E-state index contributed by atoms with van der Waals surface area (Å²) in [4.78, 5) is 0.416. The Balaban J connectivity index is 2.53. The second-order valence-electron chi connectivity index (χ2n) is 8.84. The fourth-order valence-electron chi connectivity index (χ4n) is 3.54. The fraction of sp³-hybridized carbons (Fsp3) is 0.500. The predicted octanol–water partition coefficient (Wildman–Crippen LogP) is 5.42. The van der Waals surface area contributed by atoms with Crippen LogP contribution in [0.25, 0.3) is 0 Å². The summed E-state index contributed by atoms with van der Waals surface area (Å²) in [5.74, 6) is 0.520. The third-order valence-electron chi connectivity index (χ3n) is 5.41. The minimum Gasteiger partial charge on any atom is -0.323 e. The molecule has 29 heavy (non-hydrogen) atoms. The molecule has 0 spiro atoms. The maximum atomic E-state index is 13.5. The van der Waals surface area contributed by atoms with Crippen molar-refractivity contribution < 1.29 is 8.42 Å². The second kappa shape index (κ2) is 9.41. The van der Waals surface area contributed by atoms with Gasteiger partial charge in [-0.1, -0.05) is 84.0 Å². The zero-order valence-electron chi connectivity index (χ0n) is 18.7. The molecule has 4 nitrogen and oxygen atoms in total. The van der Waals surface area contributed by atoms with Crippen LogP contribution >= 0.6 is 0 Å². The van der Waals surface area contributed by atoms with Gasteiger partial charge >= 0.3 is 0 Å². The Bertz CT molecular complexity index is 890. The van der Waals surface area contributed by atoms with Gasteiger partial charge in [-0.25, -0.2) is 13.1 Å². The van der Waals surface area contributed by atoms with E-state index in [1.165, 1.54) is 5.56 Å². The highest BCUT2D eigenvalue weighted by atomic mass is 32.2. The van der Waals surface area contributed by atoms with Gasteiger partial charge in [-0.3, -0.25) is 0 Å². The number of nitrogens with two attached hydrogens (primary N) is 1. The van der Waals surface area contributed by atoms with Crippen molar-refractivity contribution in [3.8, 4) is 0 Å². The van der Waals surface area contributed by atoms with Crippen LogP contribution in [0.5, 0.6) is 0 Å². The SMILES string of the molecule is CC(C)c1cc(C(C)C)c(S(=O)(=O)NC(C)C(N)c2ccccc2)c(C(C)C)c1. The Morgan fingerprint density at radius 1 is 0.759 bits per heavy atom. The molecule has 2 aromatic carbocycles. The lowest BCUT2D eigenvalue weighted by Gasteiger charge is -2.26. The summed E-state index contributed by atoms with van der Waals surface area (Å²) >= 11 is 0. The molecular weight excluding hydrogens is 380 g/mol. The molecule has 5 heteroatoms. The molecule has 0 aliphatic heterocycles. The molecule has 0 bridgehead atoms. The Kier molecular flexibility index (Phi) is 7.66. The minimum atomic E-state index is -3.74. The van der Waals surface area contributed by atoms with Crippen LogP contribution in [-0.2, 0) is 10.0 Å². The Hall–Kier alpha value is -1.69. The molecule has 160 valence electrons. The first-order valence-corrected chi connectivity index (χ1v) is 11.9. The number of hydrogen-bond acceptors (Lipinski definition) is 3. The summed E-state index contributed by atoms with van der Waals surface area (Å²) in [5.41, 5.74) is 10.2. The van der Waals surface area contributed by atoms with Crippen LogP contribution in [-0.4, -0.2) is 14.5 Å². The molecule has 3 N–H and O–H groups in total. The van der Waals surface area contributed by atoms with E-state index < -0.39 is 22.1 Å². The van der Waals surface area contributed by atoms with E-state index in [0.717, 1.165) is 16.7 Å². The lowest BCUT2D eigenvalue weighted by atomic mass is 9.89. The number of sulfonamides is 1. The van der Waals surface area contributed by atoms with Gasteiger partial charge in [-0.2, -0.15) is 0 Å². The van der Waals surface area contributed by atoms with E-state index in [2.05, 4.69) is 30.7 Å². The zero-order valence-corrected chi connectivity index (χ0v) is 19.5. The maximum Gasteiger partial charge on any atom is 0.241 e. The van der Waals surface area contributed by atoms with Crippen molar-refractivity contribution in [2.75, 3.05) is 0 Å². The van der Waals surface area contributed by atoms with E-state index in [1.54, 1.807) is 0 Å². The van der Waals surface area contributed by atoms with Crippen molar-refractivity contribution >= 4 is 10.0 Å². The van der Waals surface area contributed by atoms with E-state index in [4.69, 9.17) is 5.73 Å². The van der Waals surface area contributed by atoms with Crippen molar-refractivity contribution in [2.45, 2.75) is 83.2 Å². The fourth-order valence-corrected chi connectivity index (χ4v) is 5.50. The van der Waals surface area contributed by atoms with Crippen molar-refractivity contribution in [3.63, 3.8) is 0 Å². The molecule has 0 aliphatic rings. The topological polar surface area (TPSA) is 72.2 Å². The number of rotatable bonds is 8. The molecule has 0 fully saturated rings. The molecule has 0 saturated carbocycles. The Labute approximate surface area is 177 Å². The maximum absolute atomic E-state index is 13.5. The number of benzene rings is 2. The summed E-state index contributed by atoms with van der Waals surface area (Å²) in [7, 11) is -3.74. The van der Waals surface area contributed by atoms with Gasteiger partial charge in [0.2, 0.25) is 10.0 Å². The summed E-state index contributed by atoms with van der Waals surface area (Å²) in [6, 6.07) is 12.8. The molecule has 0 radical (unpaired) electrons. The monoisotopic (exact) mass is 416 g/mol. The molecule has 0 aliphatic carbocycles. The third-order valence-corrected chi connectivity index (χ3v) is 7.10. The van der Waals surface area contributed by atoms with Crippen molar-refractivity contribution in [3.05, 3.63) is 64.7 Å². The summed E-state index contributed by atoms with van der Waals surface area (Å²) < 4.78 is 29.9. The quantitative estimate of drug-likeness (QED) is 0.603. The average molecular weight is 417 g/mol. The van der Waals surface area contributed by atoms with E-state index in [0.29, 0.717) is 10.8 Å². The summed E-state index contributed by atoms with van der Waals surface area (Å²) in [6.45, 7) is 14.3. The smallest absolute Gasteiger partial charge is 0.241 e. The van der Waals surface area contributed by atoms with Crippen molar-refractivity contribution in [2.24, 2.45) is 5.73 Å². The Morgan fingerprint density at radius 2 is 1.24 bits per heavy atom. The standard InChI is InChI=1S/C24H36N2O2S/c1-15(2)20-13-21(16(3)4)24(22(14-20)17(5)6)29(27,28)26-18(7)23(25)19-11-9-8-10-12-19/h8-18,23,26H,25H2,1-7H3. The molecule has 2 rings (SSSR count). The van der Waals surface area contributed by atoms with Gasteiger partial charge in [-0.15, -0.1) is 0 Å². The van der Waals surface area contributed by atoms with E-state index >= 15 is 0 Å². The van der Waals surface area contributed by atoms with Crippen LogP contribution in [0.15, 0.2) is 47.4 Å². The average Bonchev–Trinajstić information content (AvgIpc) is 2.66. The van der Waals surface area contributed by atoms with Gasteiger partial charge in [0.1, 0.15) is 0 Å². The van der Waals surface area contributed by atoms with Gasteiger partial charge in [0.05, 0.1) is 4.90 Å². The van der Waals surface area contributed by atoms with Gasteiger partial charge in [0.25, 0.3) is 0 Å². The van der Waals surface area contributed by atoms with Crippen molar-refractivity contribution in [1.29, 1.82) is 0 Å². The summed E-state index contributed by atoms with van der Waals surface area (Å²) in [5, 5.41) is 0. The van der Waals surface area contributed by atoms with Gasteiger partial charge in [0.15, 0.2) is 0 Å². The molecule has 0 saturated heterocycles. The van der Waals surface area contributed by atoms with Gasteiger partial charge in [0, 0.05) is 12.1 Å². The molecule has 2 atom stereocenters. The molecule has 0 aromatic heterocycles. The minimum absolute atomic E-state index is 0.0934. The largest absolute Gasteiger partial charge is 0.323 e. The van der Waals surface area contributed by atoms with Crippen LogP contribution in [0.2, 0.25) is 0 Å². The predicted molar refractivity (Wildman–Crippen MR) is 122 cm³/mol. The zero-order chi connectivity index (χ0) is 21.9. The lowest BCUT2D eigenvalue weighted by Crippen LogP contribution is -2.41. The van der Waals surface area contributed by atoms with Gasteiger partial charge in [-0.05, 0) is 46.9 Å². The first-order chi connectivity index (χ1) is 13.5. The molecule has 2 aromatic rings. The third kappa shape index (κ3) is 5.47. The van der Waals surface area contributed by atoms with Crippen molar-refractivity contribution in [1.82, 2.24) is 4.72 Å². The molecular formula is C24H36N2O2S. The highest BCUT2D eigenvalue weighted by Crippen LogP contribution is 2.35. The van der Waals surface area contributed by atoms with Crippen LogP contribution in [0.1, 0.15) is 94.5 Å². The second-order valence-corrected chi connectivity index (χ2v) is 10.5.